The number of rotatable bonds is 3. The number of nitrogens with two attached hydrogens (primary N) is 1. The maximum Gasteiger partial charge on any atom is 0.180 e. The molecule has 1 rings (SSSR count). The van der Waals surface area contributed by atoms with Crippen LogP contribution >= 0.6 is 11.3 Å². The van der Waals surface area contributed by atoms with Crippen molar-refractivity contribution in [1.82, 2.24) is 4.98 Å². The van der Waals surface area contributed by atoms with E-state index in [4.69, 9.17) is 5.73 Å². The van der Waals surface area contributed by atoms with Crippen LogP contribution in [0.3, 0.4) is 0 Å². The molecule has 0 saturated carbocycles. The van der Waals surface area contributed by atoms with Gasteiger partial charge in [0, 0.05) is 17.5 Å². The summed E-state index contributed by atoms with van der Waals surface area (Å²) in [4.78, 5) is 14.9. The highest BCUT2D eigenvalue weighted by Crippen LogP contribution is 2.15. The minimum atomic E-state index is 0.557. The molecule has 0 aromatic carbocycles. The lowest BCUT2D eigenvalue weighted by molar-refractivity contribution is -0.107. The lowest BCUT2D eigenvalue weighted by Gasteiger charge is -1.84. The van der Waals surface area contributed by atoms with Crippen molar-refractivity contribution in [3.8, 4) is 0 Å². The van der Waals surface area contributed by atoms with E-state index in [1.54, 1.807) is 6.20 Å². The minimum absolute atomic E-state index is 0.557. The van der Waals surface area contributed by atoms with E-state index < -0.39 is 0 Å². The predicted molar refractivity (Wildman–Crippen MR) is 40.9 cm³/mol. The van der Waals surface area contributed by atoms with Gasteiger partial charge < -0.3 is 10.5 Å². The molecule has 0 aliphatic heterocycles. The Balaban J connectivity index is 2.49. The highest BCUT2D eigenvalue weighted by Gasteiger charge is 1.96. The Hall–Kier alpha value is -0.900. The Kier molecular flexibility index (Phi) is 2.39. The molecular weight excluding hydrogens is 148 g/mol. The van der Waals surface area contributed by atoms with Crippen molar-refractivity contribution in [1.29, 1.82) is 0 Å². The van der Waals surface area contributed by atoms with Gasteiger partial charge in [0.25, 0.3) is 0 Å². The summed E-state index contributed by atoms with van der Waals surface area (Å²) >= 11 is 1.44. The number of anilines is 1. The van der Waals surface area contributed by atoms with E-state index in [1.807, 2.05) is 0 Å². The molecule has 0 fully saturated rings. The van der Waals surface area contributed by atoms with Gasteiger partial charge in [0.15, 0.2) is 5.13 Å². The first-order chi connectivity index (χ1) is 4.83. The van der Waals surface area contributed by atoms with Gasteiger partial charge in [-0.3, -0.25) is 0 Å². The number of hydrogen-bond acceptors (Lipinski definition) is 4. The zero-order chi connectivity index (χ0) is 7.40. The third kappa shape index (κ3) is 1.80. The molecule has 0 spiro atoms. The molecule has 1 aromatic heterocycles. The van der Waals surface area contributed by atoms with E-state index in [1.165, 1.54) is 11.3 Å². The average molecular weight is 156 g/mol. The van der Waals surface area contributed by atoms with Crippen LogP contribution in [0.15, 0.2) is 6.20 Å². The normalized spacial score (nSPS) is 9.60. The third-order valence-electron chi connectivity index (χ3n) is 1.08. The lowest BCUT2D eigenvalue weighted by Crippen LogP contribution is -1.79. The van der Waals surface area contributed by atoms with Crippen LogP contribution < -0.4 is 5.73 Å². The van der Waals surface area contributed by atoms with Crippen LogP contribution in [0.25, 0.3) is 0 Å². The Bertz CT molecular complexity index is 221. The fourth-order valence-electron chi connectivity index (χ4n) is 0.639. The molecule has 4 heteroatoms. The van der Waals surface area contributed by atoms with Crippen molar-refractivity contribution in [3.05, 3.63) is 11.1 Å². The molecule has 0 aliphatic rings. The molecule has 1 heterocycles. The van der Waals surface area contributed by atoms with Crippen LogP contribution in [0, 0.1) is 0 Å². The number of hydrogen-bond donors (Lipinski definition) is 1. The number of aromatic nitrogens is 1. The molecule has 3 nitrogen and oxygen atoms in total. The molecule has 0 aliphatic carbocycles. The minimum Gasteiger partial charge on any atom is -0.375 e. The first-order valence-corrected chi connectivity index (χ1v) is 3.78. The van der Waals surface area contributed by atoms with E-state index in [0.29, 0.717) is 11.6 Å². The number of aryl methyl sites for hydroxylation is 1. The lowest BCUT2D eigenvalue weighted by atomic mass is 10.3. The number of nitrogens with zero attached hydrogens (tertiary/aromatic N) is 1. The topological polar surface area (TPSA) is 56.0 Å². The van der Waals surface area contributed by atoms with Crippen molar-refractivity contribution >= 4 is 22.8 Å². The van der Waals surface area contributed by atoms with Gasteiger partial charge in [0.05, 0.1) is 0 Å². The van der Waals surface area contributed by atoms with E-state index in [9.17, 15) is 4.79 Å². The van der Waals surface area contributed by atoms with Crippen LogP contribution in [0.1, 0.15) is 11.3 Å². The summed E-state index contributed by atoms with van der Waals surface area (Å²) in [5.74, 6) is 0. The first-order valence-electron chi connectivity index (χ1n) is 2.96. The Morgan fingerprint density at radius 2 is 2.60 bits per heavy atom. The first kappa shape index (κ1) is 7.21. The van der Waals surface area contributed by atoms with Crippen LogP contribution in [0.5, 0.6) is 0 Å². The molecule has 2 N–H and O–H groups in total. The molecule has 1 aromatic rings. The summed E-state index contributed by atoms with van der Waals surface area (Å²) in [6, 6.07) is 0. The molecule has 54 valence electrons. The third-order valence-corrected chi connectivity index (χ3v) is 1.97. The van der Waals surface area contributed by atoms with Crippen molar-refractivity contribution in [2.45, 2.75) is 12.8 Å². The SMILES string of the molecule is Nc1ncc(CCC=O)s1. The quantitative estimate of drug-likeness (QED) is 0.660. The zero-order valence-corrected chi connectivity index (χ0v) is 6.23. The molecular formula is C6H8N2OS. The summed E-state index contributed by atoms with van der Waals surface area (Å²) in [6.45, 7) is 0. The molecule has 10 heavy (non-hydrogen) atoms. The van der Waals surface area contributed by atoms with Crippen LogP contribution in [0.4, 0.5) is 5.13 Å². The van der Waals surface area contributed by atoms with Gasteiger partial charge in [0.1, 0.15) is 6.29 Å². The van der Waals surface area contributed by atoms with Gasteiger partial charge in [-0.25, -0.2) is 4.98 Å². The second-order valence-electron chi connectivity index (χ2n) is 1.87. The van der Waals surface area contributed by atoms with Crippen molar-refractivity contribution in [2.75, 3.05) is 5.73 Å². The van der Waals surface area contributed by atoms with Crippen molar-refractivity contribution in [3.63, 3.8) is 0 Å². The second kappa shape index (κ2) is 3.31. The van der Waals surface area contributed by atoms with E-state index in [0.717, 1.165) is 17.6 Å². The van der Waals surface area contributed by atoms with Gasteiger partial charge in [-0.2, -0.15) is 0 Å². The number of nitrogen functional groups attached to an aromatic ring is 1. The Morgan fingerprint density at radius 1 is 1.80 bits per heavy atom. The Morgan fingerprint density at radius 3 is 3.10 bits per heavy atom. The van der Waals surface area contributed by atoms with Crippen LogP contribution in [-0.4, -0.2) is 11.3 Å². The second-order valence-corrected chi connectivity index (χ2v) is 3.02. The molecule has 0 atom stereocenters. The molecule has 0 radical (unpaired) electrons. The standard InChI is InChI=1S/C6H8N2OS/c7-6-8-4-5(10-6)2-1-3-9/h3-4H,1-2H2,(H2,7,8). The van der Waals surface area contributed by atoms with Gasteiger partial charge in [-0.15, -0.1) is 11.3 Å². The van der Waals surface area contributed by atoms with E-state index in [2.05, 4.69) is 4.98 Å². The number of thiazole rings is 1. The van der Waals surface area contributed by atoms with Gasteiger partial charge in [-0.1, -0.05) is 0 Å². The largest absolute Gasteiger partial charge is 0.375 e. The number of aldehydes is 1. The van der Waals surface area contributed by atoms with Crippen molar-refractivity contribution in [2.24, 2.45) is 0 Å². The monoisotopic (exact) mass is 156 g/mol. The Labute approximate surface area is 62.9 Å². The smallest absolute Gasteiger partial charge is 0.180 e. The fourth-order valence-corrected chi connectivity index (χ4v) is 1.34. The average Bonchev–Trinajstić information content (AvgIpc) is 2.31. The summed E-state index contributed by atoms with van der Waals surface area (Å²) in [5.41, 5.74) is 5.37. The highest BCUT2D eigenvalue weighted by atomic mass is 32.1. The fraction of sp³-hybridized carbons (Fsp3) is 0.333. The van der Waals surface area contributed by atoms with Crippen LogP contribution in [-0.2, 0) is 11.2 Å². The van der Waals surface area contributed by atoms with Gasteiger partial charge >= 0.3 is 0 Å². The van der Waals surface area contributed by atoms with E-state index >= 15 is 0 Å². The summed E-state index contributed by atoms with van der Waals surface area (Å²) < 4.78 is 0. The summed E-state index contributed by atoms with van der Waals surface area (Å²) in [7, 11) is 0. The molecule has 0 bridgehead atoms. The van der Waals surface area contributed by atoms with Crippen molar-refractivity contribution < 1.29 is 4.79 Å². The van der Waals surface area contributed by atoms with Crippen LogP contribution in [0.2, 0.25) is 0 Å². The predicted octanol–water partition coefficient (Wildman–Crippen LogP) is 0.857. The highest BCUT2D eigenvalue weighted by molar-refractivity contribution is 7.15. The van der Waals surface area contributed by atoms with Gasteiger partial charge in [-0.05, 0) is 6.42 Å². The number of carbonyl (C=O) groups excluding carboxylic acids is 1. The zero-order valence-electron chi connectivity index (χ0n) is 5.41. The maximum atomic E-state index is 9.94. The number of carbonyl (C=O) groups is 1. The summed E-state index contributed by atoms with van der Waals surface area (Å²) in [6.07, 6.45) is 3.93. The summed E-state index contributed by atoms with van der Waals surface area (Å²) in [5, 5.41) is 0.570. The maximum absolute atomic E-state index is 9.94. The molecule has 0 unspecified atom stereocenters. The molecule has 0 saturated heterocycles. The van der Waals surface area contributed by atoms with E-state index in [-0.39, 0.29) is 0 Å². The van der Waals surface area contributed by atoms with Gasteiger partial charge in [0.2, 0.25) is 0 Å². The molecule has 0 amide bonds.